The van der Waals surface area contributed by atoms with Gasteiger partial charge in [-0.1, -0.05) is 48.5 Å². The Balaban J connectivity index is 1.90. The molecule has 0 aliphatic carbocycles. The lowest BCUT2D eigenvalue weighted by molar-refractivity contribution is 0.0996. The van der Waals surface area contributed by atoms with Gasteiger partial charge in [0, 0.05) is 20.4 Å². The highest BCUT2D eigenvalue weighted by Crippen LogP contribution is 2.17. The molecule has 3 nitrogen and oxygen atoms in total. The van der Waals surface area contributed by atoms with Crippen molar-refractivity contribution in [1.29, 1.82) is 0 Å². The van der Waals surface area contributed by atoms with E-state index in [2.05, 4.69) is 27.9 Å². The van der Waals surface area contributed by atoms with E-state index in [1.807, 2.05) is 42.5 Å². The van der Waals surface area contributed by atoms with Crippen molar-refractivity contribution in [1.82, 2.24) is 0 Å². The molecule has 0 aromatic heterocycles. The monoisotopic (exact) mass is 427 g/mol. The fourth-order valence-corrected chi connectivity index (χ4v) is 2.72. The van der Waals surface area contributed by atoms with E-state index in [9.17, 15) is 9.59 Å². The van der Waals surface area contributed by atoms with Crippen LogP contribution in [0.2, 0.25) is 0 Å². The number of benzene rings is 3. The lowest BCUT2D eigenvalue weighted by Crippen LogP contribution is -2.16. The van der Waals surface area contributed by atoms with Gasteiger partial charge in [-0.2, -0.15) is 0 Å². The molecule has 0 atom stereocenters. The fraction of sp³-hybridized carbons (Fsp3) is 0. The summed E-state index contributed by atoms with van der Waals surface area (Å²) in [4.78, 5) is 25.3. The van der Waals surface area contributed by atoms with E-state index in [1.165, 1.54) is 0 Å². The topological polar surface area (TPSA) is 46.2 Å². The molecule has 0 heterocycles. The van der Waals surface area contributed by atoms with E-state index in [1.54, 1.807) is 36.4 Å². The molecule has 0 unspecified atom stereocenters. The maximum absolute atomic E-state index is 12.7. The Morgan fingerprint density at radius 3 is 1.96 bits per heavy atom. The van der Waals surface area contributed by atoms with Crippen molar-refractivity contribution >= 4 is 40.0 Å². The third-order valence-corrected chi connectivity index (χ3v) is 4.27. The highest BCUT2D eigenvalue weighted by atomic mass is 127. The molecule has 1 N–H and O–H groups in total. The number of hydrogen-bond acceptors (Lipinski definition) is 2. The smallest absolute Gasteiger partial charge is 0.256 e. The molecule has 0 spiro atoms. The van der Waals surface area contributed by atoms with Crippen LogP contribution in [-0.2, 0) is 0 Å². The van der Waals surface area contributed by atoms with Crippen LogP contribution in [0.5, 0.6) is 0 Å². The van der Waals surface area contributed by atoms with Gasteiger partial charge in [0.15, 0.2) is 5.78 Å². The number of ketones is 1. The minimum Gasteiger partial charge on any atom is -0.322 e. The van der Waals surface area contributed by atoms with Crippen LogP contribution in [0.4, 0.5) is 5.69 Å². The average Bonchev–Trinajstić information content (AvgIpc) is 2.63. The Morgan fingerprint density at radius 2 is 1.29 bits per heavy atom. The number of carbonyl (C=O) groups excluding carboxylic acids is 2. The molecule has 0 aliphatic rings. The Labute approximate surface area is 153 Å². The molecule has 3 aromatic rings. The van der Waals surface area contributed by atoms with E-state index in [-0.39, 0.29) is 11.7 Å². The van der Waals surface area contributed by atoms with E-state index in [0.717, 1.165) is 3.57 Å². The van der Waals surface area contributed by atoms with Crippen LogP contribution in [0, 0.1) is 3.57 Å². The minimum absolute atomic E-state index is 0.163. The third kappa shape index (κ3) is 3.71. The van der Waals surface area contributed by atoms with Crippen molar-refractivity contribution in [2.75, 3.05) is 5.32 Å². The summed E-state index contributed by atoms with van der Waals surface area (Å²) in [7, 11) is 0. The van der Waals surface area contributed by atoms with Crippen LogP contribution in [0.1, 0.15) is 26.3 Å². The van der Waals surface area contributed by atoms with Gasteiger partial charge in [-0.15, -0.1) is 0 Å². The van der Waals surface area contributed by atoms with Gasteiger partial charge in [0.25, 0.3) is 5.91 Å². The van der Waals surface area contributed by atoms with Gasteiger partial charge in [0.05, 0.1) is 5.56 Å². The van der Waals surface area contributed by atoms with E-state index in [0.29, 0.717) is 22.4 Å². The Hall–Kier alpha value is -2.47. The molecular formula is C20H14INO2. The summed E-state index contributed by atoms with van der Waals surface area (Å²) >= 11 is 2.20. The van der Waals surface area contributed by atoms with Crippen LogP contribution in [-0.4, -0.2) is 11.7 Å². The zero-order chi connectivity index (χ0) is 16.9. The van der Waals surface area contributed by atoms with Crippen LogP contribution < -0.4 is 5.32 Å². The average molecular weight is 427 g/mol. The number of halogens is 1. The molecule has 0 radical (unpaired) electrons. The van der Waals surface area contributed by atoms with Crippen molar-refractivity contribution in [2.45, 2.75) is 0 Å². The molecule has 118 valence electrons. The largest absolute Gasteiger partial charge is 0.322 e. The zero-order valence-electron chi connectivity index (χ0n) is 12.7. The van der Waals surface area contributed by atoms with E-state index in [4.69, 9.17) is 0 Å². The van der Waals surface area contributed by atoms with Gasteiger partial charge in [-0.05, 0) is 52.9 Å². The molecule has 0 bridgehead atoms. The Bertz CT molecular complexity index is 874. The quantitative estimate of drug-likeness (QED) is 0.482. The highest BCUT2D eigenvalue weighted by molar-refractivity contribution is 14.1. The van der Waals surface area contributed by atoms with Gasteiger partial charge in [-0.3, -0.25) is 9.59 Å². The SMILES string of the molecule is O=C(Nc1ccc(I)cc1)c1ccccc1C(=O)c1ccccc1. The summed E-state index contributed by atoms with van der Waals surface area (Å²) in [5.74, 6) is -0.458. The minimum atomic E-state index is -0.295. The van der Waals surface area contributed by atoms with Crippen molar-refractivity contribution < 1.29 is 9.59 Å². The van der Waals surface area contributed by atoms with Crippen LogP contribution in [0.3, 0.4) is 0 Å². The Kier molecular flexibility index (Phi) is 5.05. The second-order valence-corrected chi connectivity index (χ2v) is 6.45. The first-order valence-corrected chi connectivity index (χ1v) is 8.49. The molecule has 3 rings (SSSR count). The zero-order valence-corrected chi connectivity index (χ0v) is 14.9. The van der Waals surface area contributed by atoms with Gasteiger partial charge in [-0.25, -0.2) is 0 Å². The van der Waals surface area contributed by atoms with Crippen LogP contribution in [0.25, 0.3) is 0 Å². The summed E-state index contributed by atoms with van der Waals surface area (Å²) in [6.07, 6.45) is 0. The molecule has 0 fully saturated rings. The number of rotatable bonds is 4. The van der Waals surface area contributed by atoms with Crippen molar-refractivity contribution in [2.24, 2.45) is 0 Å². The predicted octanol–water partition coefficient (Wildman–Crippen LogP) is 4.77. The molecule has 24 heavy (non-hydrogen) atoms. The Morgan fingerprint density at radius 1 is 0.708 bits per heavy atom. The number of hydrogen-bond donors (Lipinski definition) is 1. The molecule has 0 aliphatic heterocycles. The molecule has 0 saturated carbocycles. The predicted molar refractivity (Wildman–Crippen MR) is 103 cm³/mol. The normalized spacial score (nSPS) is 10.2. The van der Waals surface area contributed by atoms with Gasteiger partial charge in [0.1, 0.15) is 0 Å². The second-order valence-electron chi connectivity index (χ2n) is 5.20. The number of carbonyl (C=O) groups is 2. The van der Waals surface area contributed by atoms with E-state index < -0.39 is 0 Å². The first-order valence-electron chi connectivity index (χ1n) is 7.41. The number of amides is 1. The number of nitrogens with one attached hydrogen (secondary N) is 1. The molecule has 1 amide bonds. The maximum Gasteiger partial charge on any atom is 0.256 e. The van der Waals surface area contributed by atoms with Crippen molar-refractivity contribution in [3.05, 3.63) is 99.1 Å². The first-order chi connectivity index (χ1) is 11.6. The first kappa shape index (κ1) is 16.4. The van der Waals surface area contributed by atoms with Crippen LogP contribution >= 0.6 is 22.6 Å². The lowest BCUT2D eigenvalue weighted by Gasteiger charge is -2.10. The summed E-state index contributed by atoms with van der Waals surface area (Å²) in [6.45, 7) is 0. The standard InChI is InChI=1S/C20H14INO2/c21-15-10-12-16(13-11-15)22-20(24)18-9-5-4-8-17(18)19(23)14-6-2-1-3-7-14/h1-13H,(H,22,24). The molecule has 3 aromatic carbocycles. The van der Waals surface area contributed by atoms with Crippen molar-refractivity contribution in [3.8, 4) is 0 Å². The van der Waals surface area contributed by atoms with E-state index >= 15 is 0 Å². The third-order valence-electron chi connectivity index (χ3n) is 3.55. The summed E-state index contributed by atoms with van der Waals surface area (Å²) in [5, 5.41) is 2.84. The van der Waals surface area contributed by atoms with Gasteiger partial charge in [0.2, 0.25) is 0 Å². The summed E-state index contributed by atoms with van der Waals surface area (Å²) in [5.41, 5.74) is 2.02. The van der Waals surface area contributed by atoms with Crippen molar-refractivity contribution in [3.63, 3.8) is 0 Å². The van der Waals surface area contributed by atoms with Gasteiger partial charge < -0.3 is 5.32 Å². The lowest BCUT2D eigenvalue weighted by atomic mass is 9.98. The molecule has 0 saturated heterocycles. The maximum atomic E-state index is 12.7. The fourth-order valence-electron chi connectivity index (χ4n) is 2.36. The van der Waals surface area contributed by atoms with Crippen LogP contribution in [0.15, 0.2) is 78.9 Å². The summed E-state index contributed by atoms with van der Waals surface area (Å²) in [6, 6.07) is 23.3. The second kappa shape index (κ2) is 7.40. The summed E-state index contributed by atoms with van der Waals surface area (Å²) < 4.78 is 1.09. The molecule has 4 heteroatoms. The molecular weight excluding hydrogens is 413 g/mol. The number of anilines is 1. The van der Waals surface area contributed by atoms with Gasteiger partial charge >= 0.3 is 0 Å². The highest BCUT2D eigenvalue weighted by Gasteiger charge is 2.17.